The van der Waals surface area contributed by atoms with E-state index in [1.54, 1.807) is 0 Å². The molecule has 0 saturated carbocycles. The minimum atomic E-state index is 0.546. The van der Waals surface area contributed by atoms with E-state index in [0.717, 1.165) is 26.2 Å². The molecule has 1 fully saturated rings. The van der Waals surface area contributed by atoms with E-state index in [-0.39, 0.29) is 0 Å². The highest BCUT2D eigenvalue weighted by molar-refractivity contribution is 5.44. The van der Waals surface area contributed by atoms with Crippen LogP contribution in [0.4, 0.5) is 5.69 Å². The number of aromatic nitrogens is 1. The molecule has 0 unspecified atom stereocenters. The zero-order chi connectivity index (χ0) is 10.5. The zero-order valence-electron chi connectivity index (χ0n) is 8.63. The molecule has 1 aliphatic rings. The first-order valence-corrected chi connectivity index (χ1v) is 5.14. The Morgan fingerprint density at radius 2 is 1.87 bits per heavy atom. The molecule has 2 heterocycles. The molecule has 0 spiro atoms. The lowest BCUT2D eigenvalue weighted by molar-refractivity contribution is 0.287. The number of anilines is 1. The maximum Gasteiger partial charge on any atom is 0.0867 e. The molecular formula is C11H14N4. The Kier molecular flexibility index (Phi) is 3.15. The molecule has 0 bridgehead atoms. The SMILES string of the molecule is N#CCN1CCN(c2ccncc2)CC1. The third-order valence-corrected chi connectivity index (χ3v) is 2.69. The van der Waals surface area contributed by atoms with Crippen molar-refractivity contribution in [3.8, 4) is 6.07 Å². The average molecular weight is 202 g/mol. The lowest BCUT2D eigenvalue weighted by Gasteiger charge is -2.34. The van der Waals surface area contributed by atoms with Crippen molar-refractivity contribution in [2.45, 2.75) is 0 Å². The van der Waals surface area contributed by atoms with E-state index >= 15 is 0 Å². The minimum absolute atomic E-state index is 0.546. The van der Waals surface area contributed by atoms with Gasteiger partial charge in [0, 0.05) is 44.3 Å². The van der Waals surface area contributed by atoms with Crippen molar-refractivity contribution in [3.05, 3.63) is 24.5 Å². The quantitative estimate of drug-likeness (QED) is 0.663. The molecular weight excluding hydrogens is 188 g/mol. The van der Waals surface area contributed by atoms with E-state index in [0.29, 0.717) is 6.54 Å². The molecule has 1 saturated heterocycles. The monoisotopic (exact) mass is 202 g/mol. The van der Waals surface area contributed by atoms with Crippen LogP contribution in [0.5, 0.6) is 0 Å². The Morgan fingerprint density at radius 1 is 1.20 bits per heavy atom. The molecule has 0 atom stereocenters. The topological polar surface area (TPSA) is 43.2 Å². The van der Waals surface area contributed by atoms with E-state index in [1.807, 2.05) is 24.5 Å². The first-order valence-electron chi connectivity index (χ1n) is 5.14. The van der Waals surface area contributed by atoms with Crippen LogP contribution in [0.1, 0.15) is 0 Å². The van der Waals surface area contributed by atoms with Gasteiger partial charge in [0.15, 0.2) is 0 Å². The summed E-state index contributed by atoms with van der Waals surface area (Å²) in [5, 5.41) is 8.59. The molecule has 0 radical (unpaired) electrons. The summed E-state index contributed by atoms with van der Waals surface area (Å²) in [5.41, 5.74) is 1.22. The molecule has 1 aliphatic heterocycles. The zero-order valence-corrected chi connectivity index (χ0v) is 8.63. The second-order valence-corrected chi connectivity index (χ2v) is 3.63. The Bertz CT molecular complexity index is 335. The number of rotatable bonds is 2. The van der Waals surface area contributed by atoms with Gasteiger partial charge in [-0.25, -0.2) is 0 Å². The fourth-order valence-electron chi connectivity index (χ4n) is 1.82. The van der Waals surface area contributed by atoms with Gasteiger partial charge in [-0.05, 0) is 12.1 Å². The number of pyridine rings is 1. The predicted octanol–water partition coefficient (Wildman–Crippen LogP) is 0.727. The minimum Gasteiger partial charge on any atom is -0.369 e. The van der Waals surface area contributed by atoms with Crippen LogP contribution >= 0.6 is 0 Å². The lowest BCUT2D eigenvalue weighted by atomic mass is 10.2. The maximum atomic E-state index is 8.59. The third kappa shape index (κ3) is 2.45. The highest BCUT2D eigenvalue weighted by atomic mass is 15.3. The van der Waals surface area contributed by atoms with Crippen molar-refractivity contribution >= 4 is 5.69 Å². The van der Waals surface area contributed by atoms with E-state index in [4.69, 9.17) is 5.26 Å². The molecule has 2 rings (SSSR count). The van der Waals surface area contributed by atoms with E-state index in [9.17, 15) is 0 Å². The molecule has 0 amide bonds. The number of hydrogen-bond acceptors (Lipinski definition) is 4. The lowest BCUT2D eigenvalue weighted by Crippen LogP contribution is -2.46. The predicted molar refractivity (Wildman–Crippen MR) is 58.5 cm³/mol. The second kappa shape index (κ2) is 4.76. The van der Waals surface area contributed by atoms with Crippen molar-refractivity contribution in [2.24, 2.45) is 0 Å². The van der Waals surface area contributed by atoms with Crippen LogP contribution in [-0.4, -0.2) is 42.6 Å². The standard InChI is InChI=1S/C11H14N4/c12-3-6-14-7-9-15(10-8-14)11-1-4-13-5-2-11/h1-2,4-5H,6-10H2. The molecule has 0 N–H and O–H groups in total. The first-order chi connectivity index (χ1) is 7.40. The van der Waals surface area contributed by atoms with Crippen LogP contribution in [-0.2, 0) is 0 Å². The number of hydrogen-bond donors (Lipinski definition) is 0. The Morgan fingerprint density at radius 3 is 2.47 bits per heavy atom. The number of nitriles is 1. The van der Waals surface area contributed by atoms with Gasteiger partial charge in [0.2, 0.25) is 0 Å². The first kappa shape index (κ1) is 9.94. The fraction of sp³-hybridized carbons (Fsp3) is 0.455. The highest BCUT2D eigenvalue weighted by Crippen LogP contribution is 2.14. The van der Waals surface area contributed by atoms with Gasteiger partial charge in [0.05, 0.1) is 12.6 Å². The Labute approximate surface area is 89.7 Å². The van der Waals surface area contributed by atoms with Crippen molar-refractivity contribution in [3.63, 3.8) is 0 Å². The maximum absolute atomic E-state index is 8.59. The normalized spacial score (nSPS) is 17.4. The summed E-state index contributed by atoms with van der Waals surface area (Å²) in [6.45, 7) is 4.47. The highest BCUT2D eigenvalue weighted by Gasteiger charge is 2.16. The van der Waals surface area contributed by atoms with Gasteiger partial charge in [-0.3, -0.25) is 9.88 Å². The molecule has 15 heavy (non-hydrogen) atoms. The van der Waals surface area contributed by atoms with Crippen molar-refractivity contribution in [1.29, 1.82) is 5.26 Å². The van der Waals surface area contributed by atoms with Gasteiger partial charge in [0.25, 0.3) is 0 Å². The third-order valence-electron chi connectivity index (χ3n) is 2.69. The number of piperazine rings is 1. The molecule has 78 valence electrons. The fourth-order valence-corrected chi connectivity index (χ4v) is 1.82. The van der Waals surface area contributed by atoms with Gasteiger partial charge in [-0.2, -0.15) is 5.26 Å². The summed E-state index contributed by atoms with van der Waals surface area (Å²) in [6, 6.07) is 6.24. The van der Waals surface area contributed by atoms with Gasteiger partial charge in [-0.1, -0.05) is 0 Å². The molecule has 1 aromatic rings. The van der Waals surface area contributed by atoms with Gasteiger partial charge < -0.3 is 4.90 Å². The smallest absolute Gasteiger partial charge is 0.0867 e. The summed E-state index contributed by atoms with van der Waals surface area (Å²) in [7, 11) is 0. The van der Waals surface area contributed by atoms with Crippen LogP contribution < -0.4 is 4.90 Å². The Balaban J connectivity index is 1.92. The van der Waals surface area contributed by atoms with Gasteiger partial charge in [-0.15, -0.1) is 0 Å². The molecule has 0 aliphatic carbocycles. The van der Waals surface area contributed by atoms with Crippen molar-refractivity contribution in [2.75, 3.05) is 37.6 Å². The summed E-state index contributed by atoms with van der Waals surface area (Å²) in [6.07, 6.45) is 3.63. The van der Waals surface area contributed by atoms with Gasteiger partial charge in [0.1, 0.15) is 0 Å². The molecule has 4 heteroatoms. The summed E-state index contributed by atoms with van der Waals surface area (Å²) < 4.78 is 0. The molecule has 4 nitrogen and oxygen atoms in total. The van der Waals surface area contributed by atoms with Gasteiger partial charge >= 0.3 is 0 Å². The summed E-state index contributed by atoms with van der Waals surface area (Å²) >= 11 is 0. The molecule has 1 aromatic heterocycles. The van der Waals surface area contributed by atoms with E-state index < -0.39 is 0 Å². The van der Waals surface area contributed by atoms with E-state index in [1.165, 1.54) is 5.69 Å². The summed E-state index contributed by atoms with van der Waals surface area (Å²) in [4.78, 5) is 8.51. The van der Waals surface area contributed by atoms with Crippen molar-refractivity contribution < 1.29 is 0 Å². The summed E-state index contributed by atoms with van der Waals surface area (Å²) in [5.74, 6) is 0. The van der Waals surface area contributed by atoms with E-state index in [2.05, 4.69) is 20.9 Å². The molecule has 0 aromatic carbocycles. The number of nitrogens with zero attached hydrogens (tertiary/aromatic N) is 4. The average Bonchev–Trinajstić information content (AvgIpc) is 2.32. The van der Waals surface area contributed by atoms with Crippen LogP contribution in [0.3, 0.4) is 0 Å². The van der Waals surface area contributed by atoms with Crippen LogP contribution in [0.2, 0.25) is 0 Å². The van der Waals surface area contributed by atoms with Crippen LogP contribution in [0.25, 0.3) is 0 Å². The van der Waals surface area contributed by atoms with Crippen molar-refractivity contribution in [1.82, 2.24) is 9.88 Å². The van der Waals surface area contributed by atoms with Crippen LogP contribution in [0, 0.1) is 11.3 Å². The largest absolute Gasteiger partial charge is 0.369 e. The second-order valence-electron chi connectivity index (χ2n) is 3.63. The Hall–Kier alpha value is -1.60. The van der Waals surface area contributed by atoms with Crippen LogP contribution in [0.15, 0.2) is 24.5 Å².